The highest BCUT2D eigenvalue weighted by Gasteiger charge is 2.20. The maximum absolute atomic E-state index is 13.0. The zero-order chi connectivity index (χ0) is 15.9. The molecule has 0 atom stereocenters. The van der Waals surface area contributed by atoms with Crippen LogP contribution in [0.3, 0.4) is 0 Å². The Morgan fingerprint density at radius 3 is 2.59 bits per heavy atom. The normalized spacial score (nSPS) is 21.2. The molecule has 2 amide bonds. The van der Waals surface area contributed by atoms with E-state index in [2.05, 4.69) is 10.6 Å². The van der Waals surface area contributed by atoms with Gasteiger partial charge in [0.15, 0.2) is 0 Å². The minimum atomic E-state index is -0.376. The van der Waals surface area contributed by atoms with E-state index in [0.29, 0.717) is 5.56 Å². The van der Waals surface area contributed by atoms with Gasteiger partial charge in [-0.15, -0.1) is 0 Å². The molecule has 1 saturated carbocycles. The quantitative estimate of drug-likeness (QED) is 0.755. The summed E-state index contributed by atoms with van der Waals surface area (Å²) >= 11 is 0. The van der Waals surface area contributed by atoms with Crippen molar-refractivity contribution in [1.29, 1.82) is 0 Å². The molecule has 4 N–H and O–H groups in total. The van der Waals surface area contributed by atoms with E-state index >= 15 is 0 Å². The van der Waals surface area contributed by atoms with Crippen LogP contribution in [0.5, 0.6) is 0 Å². The molecule has 0 heterocycles. The Bertz CT molecular complexity index is 528. The van der Waals surface area contributed by atoms with Crippen molar-refractivity contribution in [2.24, 2.45) is 5.73 Å². The Hall–Kier alpha value is -1.95. The molecule has 1 aromatic carbocycles. The summed E-state index contributed by atoms with van der Waals surface area (Å²) in [4.78, 5) is 23.5. The van der Waals surface area contributed by atoms with Gasteiger partial charge in [-0.05, 0) is 43.4 Å². The summed E-state index contributed by atoms with van der Waals surface area (Å²) in [5.41, 5.74) is 6.40. The van der Waals surface area contributed by atoms with Crippen LogP contribution in [0.25, 0.3) is 0 Å². The van der Waals surface area contributed by atoms with Gasteiger partial charge < -0.3 is 16.4 Å². The number of amides is 2. The van der Waals surface area contributed by atoms with E-state index in [9.17, 15) is 14.0 Å². The predicted molar refractivity (Wildman–Crippen MR) is 81.5 cm³/mol. The second-order valence-electron chi connectivity index (χ2n) is 5.76. The summed E-state index contributed by atoms with van der Waals surface area (Å²) in [6, 6.07) is 6.24. The van der Waals surface area contributed by atoms with Crippen molar-refractivity contribution in [2.45, 2.75) is 44.2 Å². The van der Waals surface area contributed by atoms with Crippen LogP contribution in [-0.2, 0) is 16.0 Å². The van der Waals surface area contributed by atoms with Crippen LogP contribution in [0.15, 0.2) is 24.3 Å². The number of carbonyl (C=O) groups is 2. The van der Waals surface area contributed by atoms with Crippen molar-refractivity contribution >= 4 is 11.8 Å². The molecule has 5 nitrogen and oxygen atoms in total. The minimum Gasteiger partial charge on any atom is -0.352 e. The van der Waals surface area contributed by atoms with E-state index in [-0.39, 0.29) is 42.7 Å². The number of halogens is 1. The van der Waals surface area contributed by atoms with Gasteiger partial charge in [0, 0.05) is 12.1 Å². The highest BCUT2D eigenvalue weighted by atomic mass is 19.1. The molecule has 2 rings (SSSR count). The Labute approximate surface area is 129 Å². The zero-order valence-corrected chi connectivity index (χ0v) is 12.5. The monoisotopic (exact) mass is 307 g/mol. The van der Waals surface area contributed by atoms with Gasteiger partial charge in [0.05, 0.1) is 13.0 Å². The van der Waals surface area contributed by atoms with Crippen LogP contribution in [0.4, 0.5) is 4.39 Å². The maximum atomic E-state index is 13.0. The summed E-state index contributed by atoms with van der Waals surface area (Å²) in [6.45, 7) is -0.0588. The van der Waals surface area contributed by atoms with Gasteiger partial charge >= 0.3 is 0 Å². The van der Waals surface area contributed by atoms with E-state index in [1.54, 1.807) is 12.1 Å². The molecule has 1 aliphatic rings. The SMILES string of the molecule is NC1CCC(NC(=O)CNC(=O)Cc2cccc(F)c2)CC1. The third-order valence-electron chi connectivity index (χ3n) is 3.84. The number of nitrogens with two attached hydrogens (primary N) is 1. The molecule has 0 bridgehead atoms. The molecule has 0 saturated heterocycles. The van der Waals surface area contributed by atoms with E-state index < -0.39 is 0 Å². The van der Waals surface area contributed by atoms with Crippen LogP contribution >= 0.6 is 0 Å². The number of hydrogen-bond acceptors (Lipinski definition) is 3. The molecule has 0 radical (unpaired) electrons. The summed E-state index contributed by atoms with van der Waals surface area (Å²) in [7, 11) is 0. The third kappa shape index (κ3) is 5.44. The fourth-order valence-corrected chi connectivity index (χ4v) is 2.62. The van der Waals surface area contributed by atoms with Crippen molar-refractivity contribution in [2.75, 3.05) is 6.54 Å². The number of hydrogen-bond donors (Lipinski definition) is 3. The smallest absolute Gasteiger partial charge is 0.239 e. The van der Waals surface area contributed by atoms with Gasteiger partial charge in [-0.1, -0.05) is 12.1 Å². The lowest BCUT2D eigenvalue weighted by molar-refractivity contribution is -0.126. The van der Waals surface area contributed by atoms with Crippen LogP contribution in [0.2, 0.25) is 0 Å². The van der Waals surface area contributed by atoms with Crippen molar-refractivity contribution in [3.8, 4) is 0 Å². The van der Waals surface area contributed by atoms with Crippen LogP contribution in [0, 0.1) is 5.82 Å². The molecule has 0 unspecified atom stereocenters. The van der Waals surface area contributed by atoms with E-state index in [1.807, 2.05) is 0 Å². The zero-order valence-electron chi connectivity index (χ0n) is 12.5. The Balaban J connectivity index is 1.68. The third-order valence-corrected chi connectivity index (χ3v) is 3.84. The second kappa shape index (κ2) is 7.89. The maximum Gasteiger partial charge on any atom is 0.239 e. The first-order valence-electron chi connectivity index (χ1n) is 7.59. The van der Waals surface area contributed by atoms with Crippen molar-refractivity contribution in [3.63, 3.8) is 0 Å². The Morgan fingerprint density at radius 2 is 1.91 bits per heavy atom. The highest BCUT2D eigenvalue weighted by Crippen LogP contribution is 2.16. The molecular weight excluding hydrogens is 285 g/mol. The second-order valence-corrected chi connectivity index (χ2v) is 5.76. The van der Waals surface area contributed by atoms with Gasteiger partial charge in [-0.3, -0.25) is 9.59 Å². The largest absolute Gasteiger partial charge is 0.352 e. The first kappa shape index (κ1) is 16.4. The molecular formula is C16H22FN3O2. The molecule has 0 aromatic heterocycles. The standard InChI is InChI=1S/C16H22FN3O2/c17-12-3-1-2-11(8-12)9-15(21)19-10-16(22)20-14-6-4-13(18)5-7-14/h1-3,8,13-14H,4-7,9-10,18H2,(H,19,21)(H,20,22). The molecule has 120 valence electrons. The molecule has 6 heteroatoms. The lowest BCUT2D eigenvalue weighted by Gasteiger charge is -2.26. The van der Waals surface area contributed by atoms with Crippen LogP contribution < -0.4 is 16.4 Å². The average Bonchev–Trinajstić information content (AvgIpc) is 2.48. The minimum absolute atomic E-state index is 0.0588. The summed E-state index contributed by atoms with van der Waals surface area (Å²) < 4.78 is 13.0. The Kier molecular flexibility index (Phi) is 5.89. The fraction of sp³-hybridized carbons (Fsp3) is 0.500. The number of benzene rings is 1. The average molecular weight is 307 g/mol. The molecule has 1 fully saturated rings. The number of carbonyl (C=O) groups excluding carboxylic acids is 2. The summed E-state index contributed by atoms with van der Waals surface area (Å²) in [6.07, 6.45) is 3.64. The highest BCUT2D eigenvalue weighted by molar-refractivity contribution is 5.85. The van der Waals surface area contributed by atoms with Crippen molar-refractivity contribution in [3.05, 3.63) is 35.6 Å². The van der Waals surface area contributed by atoms with Crippen molar-refractivity contribution in [1.82, 2.24) is 10.6 Å². The molecule has 1 aromatic rings. The molecule has 1 aliphatic carbocycles. The van der Waals surface area contributed by atoms with Gasteiger partial charge in [0.25, 0.3) is 0 Å². The van der Waals surface area contributed by atoms with Crippen LogP contribution in [-0.4, -0.2) is 30.4 Å². The lowest BCUT2D eigenvalue weighted by atomic mass is 9.92. The van der Waals surface area contributed by atoms with E-state index in [4.69, 9.17) is 5.73 Å². The van der Waals surface area contributed by atoms with E-state index in [0.717, 1.165) is 25.7 Å². The number of nitrogens with one attached hydrogen (secondary N) is 2. The van der Waals surface area contributed by atoms with Crippen molar-refractivity contribution < 1.29 is 14.0 Å². The predicted octanol–water partition coefficient (Wildman–Crippen LogP) is 0.870. The molecule has 22 heavy (non-hydrogen) atoms. The summed E-state index contributed by atoms with van der Waals surface area (Å²) in [5.74, 6) is -0.877. The van der Waals surface area contributed by atoms with Gasteiger partial charge in [0.2, 0.25) is 11.8 Å². The number of rotatable bonds is 5. The lowest BCUT2D eigenvalue weighted by Crippen LogP contribution is -2.44. The van der Waals surface area contributed by atoms with E-state index in [1.165, 1.54) is 12.1 Å². The first-order chi connectivity index (χ1) is 10.5. The fourth-order valence-electron chi connectivity index (χ4n) is 2.62. The molecule has 0 aliphatic heterocycles. The van der Waals surface area contributed by atoms with Gasteiger partial charge in [-0.2, -0.15) is 0 Å². The Morgan fingerprint density at radius 1 is 1.18 bits per heavy atom. The molecule has 0 spiro atoms. The topological polar surface area (TPSA) is 84.2 Å². The summed E-state index contributed by atoms with van der Waals surface area (Å²) in [5, 5.41) is 5.45. The van der Waals surface area contributed by atoms with Gasteiger partial charge in [0.1, 0.15) is 5.82 Å². The van der Waals surface area contributed by atoms with Gasteiger partial charge in [-0.25, -0.2) is 4.39 Å². The van der Waals surface area contributed by atoms with Crippen LogP contribution in [0.1, 0.15) is 31.2 Å². The first-order valence-corrected chi connectivity index (χ1v) is 7.59.